The number of anilines is 1. The first-order valence-corrected chi connectivity index (χ1v) is 7.36. The number of carbonyl (C=O) groups is 1. The second kappa shape index (κ2) is 5.05. The second-order valence-corrected chi connectivity index (χ2v) is 5.94. The van der Waals surface area contributed by atoms with Crippen LogP contribution in [0.3, 0.4) is 0 Å². The average molecular weight is 257 g/mol. The van der Waals surface area contributed by atoms with Gasteiger partial charge in [0, 0.05) is 6.04 Å². The van der Waals surface area contributed by atoms with Gasteiger partial charge in [0.15, 0.2) is 10.0 Å². The molecule has 0 saturated heterocycles. The highest BCUT2D eigenvalue weighted by Gasteiger charge is 2.21. The summed E-state index contributed by atoms with van der Waals surface area (Å²) in [4.78, 5) is 16.1. The molecule has 0 unspecified atom stereocenters. The second-order valence-electron chi connectivity index (χ2n) is 3.85. The lowest BCUT2D eigenvalue weighted by Gasteiger charge is -2.10. The Hall–Kier alpha value is -0.750. The van der Waals surface area contributed by atoms with Crippen molar-refractivity contribution in [3.63, 3.8) is 0 Å². The van der Waals surface area contributed by atoms with Crippen LogP contribution in [0.15, 0.2) is 4.34 Å². The van der Waals surface area contributed by atoms with Crippen LogP contribution in [0.1, 0.15) is 36.2 Å². The van der Waals surface area contributed by atoms with E-state index in [1.54, 1.807) is 0 Å². The number of nitrogen functional groups attached to an aromatic ring is 1. The fraction of sp³-hybridized carbons (Fsp3) is 0.600. The van der Waals surface area contributed by atoms with Gasteiger partial charge in [-0.2, -0.15) is 0 Å². The van der Waals surface area contributed by atoms with E-state index >= 15 is 0 Å². The van der Waals surface area contributed by atoms with Crippen LogP contribution in [0, 0.1) is 0 Å². The smallest absolute Gasteiger partial charge is 0.273 e. The Kier molecular flexibility index (Phi) is 3.70. The molecular weight excluding hydrogens is 242 g/mol. The molecular formula is C10H15N3OS2. The summed E-state index contributed by atoms with van der Waals surface area (Å²) in [6.07, 6.45) is 6.48. The van der Waals surface area contributed by atoms with Gasteiger partial charge in [0.2, 0.25) is 0 Å². The Balaban J connectivity index is 2.04. The number of nitrogens with one attached hydrogen (secondary N) is 1. The highest BCUT2D eigenvalue weighted by Crippen LogP contribution is 2.28. The minimum absolute atomic E-state index is 0.124. The number of nitrogens with zero attached hydrogens (tertiary/aromatic N) is 1. The SMILES string of the molecule is CSc1nc(C(=O)NC2CCCC2)c(N)s1. The number of hydrogen-bond acceptors (Lipinski definition) is 5. The molecule has 1 aliphatic rings. The molecule has 0 atom stereocenters. The van der Waals surface area contributed by atoms with E-state index in [2.05, 4.69) is 10.3 Å². The summed E-state index contributed by atoms with van der Waals surface area (Å²) < 4.78 is 0.842. The van der Waals surface area contributed by atoms with Crippen molar-refractivity contribution in [3.8, 4) is 0 Å². The number of amides is 1. The lowest BCUT2D eigenvalue weighted by atomic mass is 10.2. The molecule has 16 heavy (non-hydrogen) atoms. The maximum atomic E-state index is 11.9. The summed E-state index contributed by atoms with van der Waals surface area (Å²) in [6, 6.07) is 0.311. The van der Waals surface area contributed by atoms with E-state index < -0.39 is 0 Å². The van der Waals surface area contributed by atoms with Crippen LogP contribution in [0.2, 0.25) is 0 Å². The van der Waals surface area contributed by atoms with Gasteiger partial charge < -0.3 is 11.1 Å². The lowest BCUT2D eigenvalue weighted by Crippen LogP contribution is -2.33. The van der Waals surface area contributed by atoms with Crippen LogP contribution in [-0.2, 0) is 0 Å². The molecule has 1 saturated carbocycles. The Bertz CT molecular complexity index is 385. The van der Waals surface area contributed by atoms with Crippen LogP contribution in [0.25, 0.3) is 0 Å². The van der Waals surface area contributed by atoms with Gasteiger partial charge in [0.05, 0.1) is 0 Å². The van der Waals surface area contributed by atoms with Gasteiger partial charge in [0.25, 0.3) is 5.91 Å². The zero-order valence-corrected chi connectivity index (χ0v) is 10.8. The predicted octanol–water partition coefficient (Wildman–Crippen LogP) is 2.12. The Morgan fingerprint density at radius 3 is 2.81 bits per heavy atom. The zero-order chi connectivity index (χ0) is 11.5. The Morgan fingerprint density at radius 1 is 1.56 bits per heavy atom. The zero-order valence-electron chi connectivity index (χ0n) is 9.16. The molecule has 1 heterocycles. The molecule has 2 rings (SSSR count). The van der Waals surface area contributed by atoms with Gasteiger partial charge in [-0.25, -0.2) is 4.98 Å². The third-order valence-electron chi connectivity index (χ3n) is 2.71. The van der Waals surface area contributed by atoms with E-state index in [0.29, 0.717) is 16.7 Å². The van der Waals surface area contributed by atoms with Gasteiger partial charge in [-0.15, -0.1) is 0 Å². The van der Waals surface area contributed by atoms with Crippen LogP contribution in [-0.4, -0.2) is 23.2 Å². The molecule has 0 aliphatic heterocycles. The molecule has 0 bridgehead atoms. The van der Waals surface area contributed by atoms with Crippen molar-refractivity contribution in [2.45, 2.75) is 36.1 Å². The number of thioether (sulfide) groups is 1. The first-order valence-electron chi connectivity index (χ1n) is 5.32. The maximum absolute atomic E-state index is 11.9. The molecule has 4 nitrogen and oxygen atoms in total. The van der Waals surface area contributed by atoms with Crippen molar-refractivity contribution < 1.29 is 4.79 Å². The third-order valence-corrected chi connectivity index (χ3v) is 4.58. The van der Waals surface area contributed by atoms with E-state index in [-0.39, 0.29) is 5.91 Å². The number of rotatable bonds is 3. The Labute approximate surface area is 103 Å². The van der Waals surface area contributed by atoms with Crippen LogP contribution in [0.4, 0.5) is 5.00 Å². The van der Waals surface area contributed by atoms with Crippen LogP contribution < -0.4 is 11.1 Å². The normalized spacial score (nSPS) is 16.6. The largest absolute Gasteiger partial charge is 0.389 e. The van der Waals surface area contributed by atoms with Crippen molar-refractivity contribution in [1.82, 2.24) is 10.3 Å². The quantitative estimate of drug-likeness (QED) is 0.814. The molecule has 1 aromatic rings. The summed E-state index contributed by atoms with van der Waals surface area (Å²) >= 11 is 2.88. The molecule has 0 aromatic carbocycles. The average Bonchev–Trinajstić information content (AvgIpc) is 2.87. The highest BCUT2D eigenvalue weighted by atomic mass is 32.2. The third kappa shape index (κ3) is 2.49. The standard InChI is InChI=1S/C10H15N3OS2/c1-15-10-13-7(8(11)16-10)9(14)12-6-4-2-3-5-6/h6H,2-5,11H2,1H3,(H,12,14). The highest BCUT2D eigenvalue weighted by molar-refractivity contribution is 8.00. The van der Waals surface area contributed by atoms with Gasteiger partial charge in [-0.3, -0.25) is 4.79 Å². The van der Waals surface area contributed by atoms with Crippen LogP contribution >= 0.6 is 23.1 Å². The van der Waals surface area contributed by atoms with E-state index in [9.17, 15) is 4.79 Å². The summed E-state index contributed by atoms with van der Waals surface area (Å²) in [5.74, 6) is -0.124. The molecule has 1 aliphatic carbocycles. The minimum Gasteiger partial charge on any atom is -0.389 e. The van der Waals surface area contributed by atoms with Crippen LogP contribution in [0.5, 0.6) is 0 Å². The van der Waals surface area contributed by atoms with Crippen molar-refractivity contribution >= 4 is 34.0 Å². The van der Waals surface area contributed by atoms with Gasteiger partial charge in [0.1, 0.15) is 5.00 Å². The Morgan fingerprint density at radius 2 is 2.25 bits per heavy atom. The van der Waals surface area contributed by atoms with Crippen molar-refractivity contribution in [2.75, 3.05) is 12.0 Å². The first kappa shape index (κ1) is 11.7. The molecule has 3 N–H and O–H groups in total. The molecule has 0 spiro atoms. The van der Waals surface area contributed by atoms with Crippen molar-refractivity contribution in [2.24, 2.45) is 0 Å². The van der Waals surface area contributed by atoms with E-state index in [4.69, 9.17) is 5.73 Å². The summed E-state index contributed by atoms with van der Waals surface area (Å²) in [7, 11) is 0. The van der Waals surface area contributed by atoms with E-state index in [1.165, 1.54) is 35.9 Å². The molecule has 88 valence electrons. The van der Waals surface area contributed by atoms with E-state index in [1.807, 2.05) is 6.26 Å². The van der Waals surface area contributed by atoms with Crippen molar-refractivity contribution in [1.29, 1.82) is 0 Å². The topological polar surface area (TPSA) is 68.0 Å². The number of aromatic nitrogens is 1. The summed E-state index contributed by atoms with van der Waals surface area (Å²) in [5, 5.41) is 3.50. The van der Waals surface area contributed by atoms with Gasteiger partial charge in [-0.1, -0.05) is 35.9 Å². The number of nitrogens with two attached hydrogens (primary N) is 1. The predicted molar refractivity (Wildman–Crippen MR) is 68.0 cm³/mol. The first-order chi connectivity index (χ1) is 7.70. The van der Waals surface area contributed by atoms with Gasteiger partial charge >= 0.3 is 0 Å². The van der Waals surface area contributed by atoms with E-state index in [0.717, 1.165) is 17.2 Å². The molecule has 1 aromatic heterocycles. The summed E-state index contributed by atoms with van der Waals surface area (Å²) in [5.41, 5.74) is 6.16. The molecule has 0 radical (unpaired) electrons. The number of thiazole rings is 1. The minimum atomic E-state index is -0.124. The fourth-order valence-electron chi connectivity index (χ4n) is 1.89. The maximum Gasteiger partial charge on any atom is 0.273 e. The number of hydrogen-bond donors (Lipinski definition) is 2. The van der Waals surface area contributed by atoms with Crippen molar-refractivity contribution in [3.05, 3.63) is 5.69 Å². The number of carbonyl (C=O) groups excluding carboxylic acids is 1. The summed E-state index contributed by atoms with van der Waals surface area (Å²) in [6.45, 7) is 0. The molecule has 1 amide bonds. The lowest BCUT2D eigenvalue weighted by molar-refractivity contribution is 0.0934. The molecule has 6 heteroatoms. The fourth-order valence-corrected chi connectivity index (χ4v) is 3.23. The molecule has 1 fully saturated rings. The van der Waals surface area contributed by atoms with Gasteiger partial charge in [-0.05, 0) is 19.1 Å². The monoisotopic (exact) mass is 257 g/mol.